The number of halogens is 1. The molecular formula is C17H16ClNO2. The number of anilines is 1. The van der Waals surface area contributed by atoms with Gasteiger partial charge < -0.3 is 10.1 Å². The molecule has 2 aromatic rings. The molecule has 0 aliphatic heterocycles. The molecular weight excluding hydrogens is 286 g/mol. The van der Waals surface area contributed by atoms with E-state index in [0.717, 1.165) is 5.57 Å². The molecule has 0 saturated carbocycles. The van der Waals surface area contributed by atoms with E-state index >= 15 is 0 Å². The number of ether oxygens (including phenoxy) is 1. The van der Waals surface area contributed by atoms with Gasteiger partial charge >= 0.3 is 0 Å². The largest absolute Gasteiger partial charge is 0.487 e. The zero-order valence-electron chi connectivity index (χ0n) is 11.7. The highest BCUT2D eigenvalue weighted by Gasteiger charge is 2.12. The van der Waals surface area contributed by atoms with E-state index in [1.807, 2.05) is 19.1 Å². The Labute approximate surface area is 129 Å². The van der Waals surface area contributed by atoms with E-state index in [-0.39, 0.29) is 5.91 Å². The lowest BCUT2D eigenvalue weighted by atomic mass is 10.2. The lowest BCUT2D eigenvalue weighted by Crippen LogP contribution is -2.13. The summed E-state index contributed by atoms with van der Waals surface area (Å²) in [7, 11) is 0. The van der Waals surface area contributed by atoms with Gasteiger partial charge in [0.15, 0.2) is 0 Å². The predicted molar refractivity (Wildman–Crippen MR) is 86.2 cm³/mol. The fourth-order valence-electron chi connectivity index (χ4n) is 1.73. The molecule has 3 nitrogen and oxygen atoms in total. The summed E-state index contributed by atoms with van der Waals surface area (Å²) < 4.78 is 5.62. The number of para-hydroxylation sites is 2. The molecule has 4 heteroatoms. The minimum atomic E-state index is -0.271. The van der Waals surface area contributed by atoms with E-state index in [1.165, 1.54) is 0 Å². The molecule has 0 unspecified atom stereocenters. The van der Waals surface area contributed by atoms with Gasteiger partial charge in [-0.15, -0.1) is 0 Å². The Morgan fingerprint density at radius 1 is 1.19 bits per heavy atom. The van der Waals surface area contributed by atoms with Gasteiger partial charge in [-0.2, -0.15) is 0 Å². The first-order valence-electron chi connectivity index (χ1n) is 6.50. The van der Waals surface area contributed by atoms with Gasteiger partial charge in [-0.05, 0) is 36.8 Å². The van der Waals surface area contributed by atoms with Crippen LogP contribution in [0.3, 0.4) is 0 Å². The number of hydrogen-bond acceptors (Lipinski definition) is 2. The smallest absolute Gasteiger partial charge is 0.257 e. The number of carbonyl (C=O) groups is 1. The highest BCUT2D eigenvalue weighted by molar-refractivity contribution is 6.34. The van der Waals surface area contributed by atoms with Gasteiger partial charge in [0, 0.05) is 0 Å². The Kier molecular flexibility index (Phi) is 5.01. The fourth-order valence-corrected chi connectivity index (χ4v) is 1.95. The molecule has 21 heavy (non-hydrogen) atoms. The maximum absolute atomic E-state index is 12.3. The lowest BCUT2D eigenvalue weighted by molar-refractivity contribution is 0.102. The predicted octanol–water partition coefficient (Wildman–Crippen LogP) is 4.55. The SMILES string of the molecule is C=C(C)COc1ccccc1NC(=O)c1ccccc1Cl. The van der Waals surface area contributed by atoms with Crippen LogP contribution in [-0.2, 0) is 0 Å². The average Bonchev–Trinajstić information content (AvgIpc) is 2.46. The normalized spacial score (nSPS) is 10.0. The second-order valence-electron chi connectivity index (χ2n) is 4.68. The van der Waals surface area contributed by atoms with Crippen LogP contribution in [0.15, 0.2) is 60.7 Å². The van der Waals surface area contributed by atoms with Crippen molar-refractivity contribution in [3.8, 4) is 5.75 Å². The van der Waals surface area contributed by atoms with Crippen molar-refractivity contribution >= 4 is 23.2 Å². The van der Waals surface area contributed by atoms with Crippen LogP contribution in [0.4, 0.5) is 5.69 Å². The number of hydrogen-bond donors (Lipinski definition) is 1. The van der Waals surface area contributed by atoms with Gasteiger partial charge in [-0.25, -0.2) is 0 Å². The Hall–Kier alpha value is -2.26. The summed E-state index contributed by atoms with van der Waals surface area (Å²) in [5.41, 5.74) is 1.93. The van der Waals surface area contributed by atoms with Crippen molar-refractivity contribution < 1.29 is 9.53 Å². The number of benzene rings is 2. The average molecular weight is 302 g/mol. The van der Waals surface area contributed by atoms with Crippen molar-refractivity contribution in [1.29, 1.82) is 0 Å². The third kappa shape index (κ3) is 4.10. The molecule has 0 aliphatic carbocycles. The monoisotopic (exact) mass is 301 g/mol. The van der Waals surface area contributed by atoms with E-state index in [1.54, 1.807) is 36.4 Å². The molecule has 1 N–H and O–H groups in total. The van der Waals surface area contributed by atoms with Gasteiger partial charge in [-0.1, -0.05) is 42.4 Å². The third-order valence-corrected chi connectivity index (χ3v) is 3.06. The Morgan fingerprint density at radius 2 is 1.86 bits per heavy atom. The fraction of sp³-hybridized carbons (Fsp3) is 0.118. The van der Waals surface area contributed by atoms with Gasteiger partial charge in [0.2, 0.25) is 0 Å². The van der Waals surface area contributed by atoms with Crippen LogP contribution >= 0.6 is 11.6 Å². The Bertz CT molecular complexity index is 667. The molecule has 0 fully saturated rings. The number of rotatable bonds is 5. The molecule has 0 spiro atoms. The third-order valence-electron chi connectivity index (χ3n) is 2.73. The van der Waals surface area contributed by atoms with Crippen LogP contribution in [0.5, 0.6) is 5.75 Å². The van der Waals surface area contributed by atoms with Crippen LogP contribution < -0.4 is 10.1 Å². The molecule has 0 atom stereocenters. The maximum atomic E-state index is 12.3. The van der Waals surface area contributed by atoms with Crippen LogP contribution in [0.25, 0.3) is 0 Å². The summed E-state index contributed by atoms with van der Waals surface area (Å²) in [6.45, 7) is 6.07. The summed E-state index contributed by atoms with van der Waals surface area (Å²) in [6.07, 6.45) is 0. The van der Waals surface area contributed by atoms with E-state index in [0.29, 0.717) is 28.6 Å². The number of nitrogens with one attached hydrogen (secondary N) is 1. The van der Waals surface area contributed by atoms with Crippen molar-refractivity contribution in [3.05, 3.63) is 71.3 Å². The van der Waals surface area contributed by atoms with Crippen molar-refractivity contribution in [2.75, 3.05) is 11.9 Å². The summed E-state index contributed by atoms with van der Waals surface area (Å²) in [5, 5.41) is 3.23. The van der Waals surface area contributed by atoms with Crippen molar-refractivity contribution in [2.45, 2.75) is 6.92 Å². The quantitative estimate of drug-likeness (QED) is 0.823. The van der Waals surface area contributed by atoms with E-state index in [4.69, 9.17) is 16.3 Å². The summed E-state index contributed by atoms with van der Waals surface area (Å²) in [5.74, 6) is 0.327. The topological polar surface area (TPSA) is 38.3 Å². The summed E-state index contributed by atoms with van der Waals surface area (Å²) >= 11 is 6.02. The van der Waals surface area contributed by atoms with Crippen molar-refractivity contribution in [2.24, 2.45) is 0 Å². The van der Waals surface area contributed by atoms with Crippen LogP contribution in [0.1, 0.15) is 17.3 Å². The maximum Gasteiger partial charge on any atom is 0.257 e. The number of carbonyl (C=O) groups excluding carboxylic acids is 1. The molecule has 2 aromatic carbocycles. The second-order valence-corrected chi connectivity index (χ2v) is 5.08. The van der Waals surface area contributed by atoms with Crippen LogP contribution in [0.2, 0.25) is 5.02 Å². The van der Waals surface area contributed by atoms with E-state index in [9.17, 15) is 4.79 Å². The zero-order valence-corrected chi connectivity index (χ0v) is 12.5. The van der Waals surface area contributed by atoms with Gasteiger partial charge in [0.25, 0.3) is 5.91 Å². The van der Waals surface area contributed by atoms with Gasteiger partial charge in [0.05, 0.1) is 16.3 Å². The first kappa shape index (κ1) is 15.1. The van der Waals surface area contributed by atoms with Crippen molar-refractivity contribution in [1.82, 2.24) is 0 Å². The van der Waals surface area contributed by atoms with E-state index < -0.39 is 0 Å². The first-order chi connectivity index (χ1) is 10.1. The van der Waals surface area contributed by atoms with Gasteiger partial charge in [0.1, 0.15) is 12.4 Å². The molecule has 108 valence electrons. The molecule has 0 radical (unpaired) electrons. The zero-order chi connectivity index (χ0) is 15.2. The summed E-state index contributed by atoms with van der Waals surface area (Å²) in [4.78, 5) is 12.3. The highest BCUT2D eigenvalue weighted by Crippen LogP contribution is 2.25. The first-order valence-corrected chi connectivity index (χ1v) is 6.88. The molecule has 0 saturated heterocycles. The number of amides is 1. The molecule has 2 rings (SSSR count). The van der Waals surface area contributed by atoms with E-state index in [2.05, 4.69) is 11.9 Å². The highest BCUT2D eigenvalue weighted by atomic mass is 35.5. The second kappa shape index (κ2) is 6.95. The van der Waals surface area contributed by atoms with Crippen LogP contribution in [0, 0.1) is 0 Å². The van der Waals surface area contributed by atoms with Gasteiger partial charge in [-0.3, -0.25) is 4.79 Å². The molecule has 1 amide bonds. The minimum Gasteiger partial charge on any atom is -0.487 e. The Balaban J connectivity index is 2.18. The molecule has 0 aromatic heterocycles. The standard InChI is InChI=1S/C17H16ClNO2/c1-12(2)11-21-16-10-6-5-9-15(16)19-17(20)13-7-3-4-8-14(13)18/h3-10H,1,11H2,2H3,(H,19,20). The minimum absolute atomic E-state index is 0.271. The molecule has 0 heterocycles. The lowest BCUT2D eigenvalue weighted by Gasteiger charge is -2.12. The molecule has 0 bridgehead atoms. The molecule has 0 aliphatic rings. The summed E-state index contributed by atoms with van der Waals surface area (Å²) in [6, 6.07) is 14.2. The van der Waals surface area contributed by atoms with Crippen LogP contribution in [-0.4, -0.2) is 12.5 Å². The van der Waals surface area contributed by atoms with Crippen molar-refractivity contribution in [3.63, 3.8) is 0 Å². The Morgan fingerprint density at radius 3 is 2.57 bits per heavy atom.